The summed E-state index contributed by atoms with van der Waals surface area (Å²) in [7, 11) is 0. The smallest absolute Gasteiger partial charge is 0.119 e. The first-order chi connectivity index (χ1) is 14.5. The average molecular weight is 415 g/mol. The lowest BCUT2D eigenvalue weighted by atomic mass is 10.2. The van der Waals surface area contributed by atoms with Crippen molar-refractivity contribution < 1.29 is 19.7 Å². The lowest BCUT2D eigenvalue weighted by molar-refractivity contribution is 0.0240. The Labute approximate surface area is 179 Å². The molecule has 30 heavy (non-hydrogen) atoms. The van der Waals surface area contributed by atoms with Crippen LogP contribution >= 0.6 is 0 Å². The number of β-amino-alcohol motifs (C(OH)–C–C–N with tert-alkyl or cyclic N) is 2. The highest BCUT2D eigenvalue weighted by Gasteiger charge is 2.21. The first-order valence-electron chi connectivity index (χ1n) is 10.7. The lowest BCUT2D eigenvalue weighted by Gasteiger charge is -2.36. The number of hydrogen-bond donors (Lipinski definition) is 2. The summed E-state index contributed by atoms with van der Waals surface area (Å²) < 4.78 is 11.3. The fraction of sp³-hybridized carbons (Fsp3) is 0.500. The third-order valence-electron chi connectivity index (χ3n) is 5.33. The molecule has 0 aromatic heterocycles. The summed E-state index contributed by atoms with van der Waals surface area (Å²) >= 11 is 0. The number of ether oxygens (including phenoxy) is 2. The molecule has 0 radical (unpaired) electrons. The molecule has 1 aliphatic heterocycles. The van der Waals surface area contributed by atoms with Gasteiger partial charge in [-0.2, -0.15) is 0 Å². The van der Waals surface area contributed by atoms with Crippen LogP contribution in [0, 0.1) is 13.8 Å². The molecule has 164 valence electrons. The van der Waals surface area contributed by atoms with Crippen LogP contribution in [0.2, 0.25) is 0 Å². The van der Waals surface area contributed by atoms with Gasteiger partial charge in [-0.15, -0.1) is 0 Å². The van der Waals surface area contributed by atoms with E-state index in [9.17, 15) is 10.2 Å². The van der Waals surface area contributed by atoms with Crippen LogP contribution in [0.15, 0.2) is 48.5 Å². The third kappa shape index (κ3) is 7.61. The minimum absolute atomic E-state index is 0.290. The molecule has 0 bridgehead atoms. The van der Waals surface area contributed by atoms with Crippen LogP contribution in [0.25, 0.3) is 0 Å². The summed E-state index contributed by atoms with van der Waals surface area (Å²) in [5, 5.41) is 20.6. The molecule has 6 heteroatoms. The van der Waals surface area contributed by atoms with Gasteiger partial charge in [-0.1, -0.05) is 35.4 Å². The Bertz CT molecular complexity index is 677. The normalized spacial score (nSPS) is 17.5. The van der Waals surface area contributed by atoms with Gasteiger partial charge in [0.25, 0.3) is 0 Å². The van der Waals surface area contributed by atoms with Crippen molar-refractivity contribution in [2.75, 3.05) is 52.5 Å². The number of aliphatic hydroxyl groups excluding tert-OH is 2. The van der Waals surface area contributed by atoms with Crippen molar-refractivity contribution >= 4 is 0 Å². The molecular weight excluding hydrogens is 380 g/mol. The van der Waals surface area contributed by atoms with E-state index in [1.807, 2.05) is 62.4 Å². The van der Waals surface area contributed by atoms with Gasteiger partial charge in [-0.3, -0.25) is 9.80 Å². The molecule has 0 aliphatic carbocycles. The van der Waals surface area contributed by atoms with Crippen molar-refractivity contribution in [2.24, 2.45) is 0 Å². The number of aryl methyl sites for hydroxylation is 2. The van der Waals surface area contributed by atoms with Gasteiger partial charge >= 0.3 is 0 Å². The van der Waals surface area contributed by atoms with Crippen molar-refractivity contribution in [2.45, 2.75) is 26.1 Å². The molecule has 6 nitrogen and oxygen atoms in total. The highest BCUT2D eigenvalue weighted by atomic mass is 16.5. The van der Waals surface area contributed by atoms with Crippen molar-refractivity contribution in [1.82, 2.24) is 9.80 Å². The van der Waals surface area contributed by atoms with Crippen molar-refractivity contribution in [3.05, 3.63) is 59.7 Å². The molecule has 2 atom stereocenters. The molecule has 2 N–H and O–H groups in total. The minimum atomic E-state index is -0.522. The maximum atomic E-state index is 10.3. The van der Waals surface area contributed by atoms with Crippen LogP contribution in [0.5, 0.6) is 11.5 Å². The number of aliphatic hydroxyl groups is 2. The van der Waals surface area contributed by atoms with Gasteiger partial charge in [0.1, 0.15) is 36.9 Å². The van der Waals surface area contributed by atoms with Crippen molar-refractivity contribution in [3.63, 3.8) is 0 Å². The van der Waals surface area contributed by atoms with Crippen LogP contribution in [0.1, 0.15) is 11.1 Å². The molecule has 1 aliphatic rings. The van der Waals surface area contributed by atoms with Gasteiger partial charge in [0.15, 0.2) is 0 Å². The molecule has 2 aromatic rings. The van der Waals surface area contributed by atoms with Gasteiger partial charge in [0.05, 0.1) is 0 Å². The molecule has 2 aromatic carbocycles. The molecule has 1 fully saturated rings. The van der Waals surface area contributed by atoms with E-state index in [1.54, 1.807) is 0 Å². The Hall–Kier alpha value is -2.12. The summed E-state index contributed by atoms with van der Waals surface area (Å²) in [6, 6.07) is 15.7. The Balaban J connectivity index is 1.30. The molecule has 3 rings (SSSR count). The second-order valence-electron chi connectivity index (χ2n) is 8.16. The van der Waals surface area contributed by atoms with E-state index in [2.05, 4.69) is 9.80 Å². The van der Waals surface area contributed by atoms with E-state index in [1.165, 1.54) is 11.1 Å². The van der Waals surface area contributed by atoms with E-state index in [-0.39, 0.29) is 0 Å². The summed E-state index contributed by atoms with van der Waals surface area (Å²) in [6.45, 7) is 9.32. The predicted octanol–water partition coefficient (Wildman–Crippen LogP) is 2.10. The highest BCUT2D eigenvalue weighted by Crippen LogP contribution is 2.13. The monoisotopic (exact) mass is 414 g/mol. The number of piperazine rings is 1. The molecule has 1 heterocycles. The largest absolute Gasteiger partial charge is 0.491 e. The van der Waals surface area contributed by atoms with Crippen molar-refractivity contribution in [1.29, 1.82) is 0 Å². The Morgan fingerprint density at radius 3 is 1.33 bits per heavy atom. The summed E-state index contributed by atoms with van der Waals surface area (Å²) in [5.74, 6) is 1.57. The maximum Gasteiger partial charge on any atom is 0.119 e. The summed E-state index contributed by atoms with van der Waals surface area (Å²) in [4.78, 5) is 4.49. The number of hydrogen-bond acceptors (Lipinski definition) is 6. The van der Waals surface area contributed by atoms with E-state index in [0.717, 1.165) is 37.7 Å². The number of nitrogens with zero attached hydrogens (tertiary/aromatic N) is 2. The first kappa shape index (κ1) is 22.6. The molecular formula is C24H34N2O4. The van der Waals surface area contributed by atoms with Gasteiger partial charge < -0.3 is 19.7 Å². The van der Waals surface area contributed by atoms with E-state index in [4.69, 9.17) is 9.47 Å². The first-order valence-corrected chi connectivity index (χ1v) is 10.7. The second-order valence-corrected chi connectivity index (χ2v) is 8.16. The Morgan fingerprint density at radius 1 is 0.667 bits per heavy atom. The maximum absolute atomic E-state index is 10.3. The van der Waals surface area contributed by atoms with Gasteiger partial charge in [-0.25, -0.2) is 0 Å². The quantitative estimate of drug-likeness (QED) is 0.621. The fourth-order valence-corrected chi connectivity index (χ4v) is 3.51. The third-order valence-corrected chi connectivity index (χ3v) is 5.33. The topological polar surface area (TPSA) is 65.4 Å². The fourth-order valence-electron chi connectivity index (χ4n) is 3.51. The van der Waals surface area contributed by atoms with Crippen LogP contribution in [-0.2, 0) is 0 Å². The molecule has 0 saturated carbocycles. The number of benzene rings is 2. The van der Waals surface area contributed by atoms with E-state index >= 15 is 0 Å². The standard InChI is InChI=1S/C24H34N2O4/c1-19-3-7-23(8-4-19)29-17-21(27)15-25-11-13-26(14-12-25)16-22(28)18-30-24-9-5-20(2)6-10-24/h3-10,21-22,27-28H,11-18H2,1-2H3/t21-,22-/m0/s1. The zero-order valence-electron chi connectivity index (χ0n) is 18.0. The zero-order chi connectivity index (χ0) is 21.3. The van der Waals surface area contributed by atoms with Crippen LogP contribution in [0.4, 0.5) is 0 Å². The minimum Gasteiger partial charge on any atom is -0.491 e. The highest BCUT2D eigenvalue weighted by molar-refractivity contribution is 5.27. The second kappa shape index (κ2) is 11.3. The average Bonchev–Trinajstić information content (AvgIpc) is 2.74. The molecule has 0 amide bonds. The molecule has 0 spiro atoms. The SMILES string of the molecule is Cc1ccc(OC[C@@H](O)CN2CCN(C[C@H](O)COc3ccc(C)cc3)CC2)cc1. The zero-order valence-corrected chi connectivity index (χ0v) is 18.0. The van der Waals surface area contributed by atoms with Gasteiger partial charge in [0.2, 0.25) is 0 Å². The number of rotatable bonds is 10. The van der Waals surface area contributed by atoms with Crippen LogP contribution < -0.4 is 9.47 Å². The molecule has 1 saturated heterocycles. The van der Waals surface area contributed by atoms with Gasteiger partial charge in [-0.05, 0) is 38.1 Å². The Kier molecular flexibility index (Phi) is 8.51. The van der Waals surface area contributed by atoms with Gasteiger partial charge in [0, 0.05) is 39.3 Å². The Morgan fingerprint density at radius 2 is 1.00 bits per heavy atom. The van der Waals surface area contributed by atoms with Crippen LogP contribution in [-0.4, -0.2) is 84.7 Å². The van der Waals surface area contributed by atoms with E-state index < -0.39 is 12.2 Å². The lowest BCUT2D eigenvalue weighted by Crippen LogP contribution is -2.51. The summed E-state index contributed by atoms with van der Waals surface area (Å²) in [6.07, 6.45) is -1.04. The molecule has 0 unspecified atom stereocenters. The summed E-state index contributed by atoms with van der Waals surface area (Å²) in [5.41, 5.74) is 2.38. The van der Waals surface area contributed by atoms with Crippen molar-refractivity contribution in [3.8, 4) is 11.5 Å². The predicted molar refractivity (Wildman–Crippen MR) is 118 cm³/mol. The van der Waals surface area contributed by atoms with E-state index in [0.29, 0.717) is 26.3 Å². The van der Waals surface area contributed by atoms with Crippen LogP contribution in [0.3, 0.4) is 0 Å².